The smallest absolute Gasteiger partial charge is 0.387 e. The van der Waals surface area contributed by atoms with Crippen LogP contribution in [0.4, 0.5) is 0 Å². The van der Waals surface area contributed by atoms with Gasteiger partial charge in [-0.25, -0.2) is 4.57 Å². The predicted octanol–water partition coefficient (Wildman–Crippen LogP) is 18.8. The van der Waals surface area contributed by atoms with E-state index in [9.17, 15) is 19.4 Å². The maximum atomic E-state index is 13.0. The summed E-state index contributed by atoms with van der Waals surface area (Å²) in [6, 6.07) is -0.847. The van der Waals surface area contributed by atoms with E-state index in [-0.39, 0.29) is 19.1 Å². The van der Waals surface area contributed by atoms with Gasteiger partial charge in [0, 0.05) is 6.42 Å². The molecule has 3 atom stereocenters. The highest BCUT2D eigenvalue weighted by Crippen LogP contribution is 2.43. The van der Waals surface area contributed by atoms with Gasteiger partial charge < -0.3 is 19.8 Å². The molecule has 70 heavy (non-hydrogen) atoms. The molecule has 0 bridgehead atoms. The lowest BCUT2D eigenvalue weighted by Gasteiger charge is -2.25. The van der Waals surface area contributed by atoms with E-state index in [1.54, 1.807) is 6.08 Å². The predicted molar refractivity (Wildman–Crippen MR) is 305 cm³/mol. The molecular formula is C61H122N2O6P+. The molecule has 416 valence electrons. The monoisotopic (exact) mass is 1010 g/mol. The summed E-state index contributed by atoms with van der Waals surface area (Å²) in [5.74, 6) is -0.174. The number of rotatable bonds is 57. The highest BCUT2D eigenvalue weighted by atomic mass is 31.2. The van der Waals surface area contributed by atoms with Gasteiger partial charge in [-0.05, 0) is 44.9 Å². The quantitative estimate of drug-likeness (QED) is 0.0243. The van der Waals surface area contributed by atoms with Crippen LogP contribution in [0.3, 0.4) is 0 Å². The molecule has 0 saturated carbocycles. The fourth-order valence-electron chi connectivity index (χ4n) is 9.33. The van der Waals surface area contributed by atoms with Crippen LogP contribution in [0.25, 0.3) is 0 Å². The lowest BCUT2D eigenvalue weighted by Crippen LogP contribution is -2.45. The molecule has 0 rings (SSSR count). The van der Waals surface area contributed by atoms with Gasteiger partial charge in [0.1, 0.15) is 13.2 Å². The number of amides is 1. The van der Waals surface area contributed by atoms with Crippen molar-refractivity contribution in [3.63, 3.8) is 0 Å². The van der Waals surface area contributed by atoms with Crippen molar-refractivity contribution < 1.29 is 32.9 Å². The first-order valence-electron chi connectivity index (χ1n) is 30.7. The minimum absolute atomic E-state index is 0.0629. The molecule has 0 aliphatic carbocycles. The van der Waals surface area contributed by atoms with Crippen molar-refractivity contribution in [1.82, 2.24) is 5.32 Å². The van der Waals surface area contributed by atoms with E-state index < -0.39 is 20.0 Å². The Labute approximate surface area is 436 Å². The normalized spacial score (nSPS) is 14.0. The molecule has 1 amide bonds. The Morgan fingerprint density at radius 3 is 1.10 bits per heavy atom. The Hall–Kier alpha value is -1.02. The second kappa shape index (κ2) is 52.8. The van der Waals surface area contributed by atoms with Crippen LogP contribution in [0.2, 0.25) is 0 Å². The third-order valence-corrected chi connectivity index (χ3v) is 15.1. The molecular weight excluding hydrogens is 888 g/mol. The van der Waals surface area contributed by atoms with Crippen LogP contribution in [0.5, 0.6) is 0 Å². The maximum Gasteiger partial charge on any atom is 0.472 e. The molecule has 3 unspecified atom stereocenters. The van der Waals surface area contributed by atoms with Crippen molar-refractivity contribution in [1.29, 1.82) is 0 Å². The van der Waals surface area contributed by atoms with Crippen LogP contribution >= 0.6 is 7.82 Å². The molecule has 0 radical (unpaired) electrons. The Kier molecular flexibility index (Phi) is 52.1. The Morgan fingerprint density at radius 1 is 0.471 bits per heavy atom. The van der Waals surface area contributed by atoms with Crippen molar-refractivity contribution in [3.05, 3.63) is 24.3 Å². The van der Waals surface area contributed by atoms with Crippen LogP contribution in [0.15, 0.2) is 24.3 Å². The molecule has 9 heteroatoms. The van der Waals surface area contributed by atoms with E-state index >= 15 is 0 Å². The van der Waals surface area contributed by atoms with Gasteiger partial charge in [-0.3, -0.25) is 13.8 Å². The number of likely N-dealkylation sites (N-methyl/N-ethyl adjacent to an activating group) is 1. The zero-order valence-electron chi connectivity index (χ0n) is 47.5. The van der Waals surface area contributed by atoms with Gasteiger partial charge in [-0.2, -0.15) is 0 Å². The first-order chi connectivity index (χ1) is 34.0. The number of nitrogens with one attached hydrogen (secondary N) is 1. The third-order valence-electron chi connectivity index (χ3n) is 14.2. The topological polar surface area (TPSA) is 105 Å². The molecule has 0 spiro atoms. The van der Waals surface area contributed by atoms with Crippen LogP contribution in [-0.4, -0.2) is 73.4 Å². The van der Waals surface area contributed by atoms with Gasteiger partial charge in [0.25, 0.3) is 0 Å². The highest BCUT2D eigenvalue weighted by molar-refractivity contribution is 7.47. The molecule has 0 aliphatic rings. The number of phosphoric acid groups is 1. The van der Waals surface area contributed by atoms with Crippen molar-refractivity contribution in [2.75, 3.05) is 40.9 Å². The minimum Gasteiger partial charge on any atom is -0.387 e. The molecule has 0 aromatic heterocycles. The fourth-order valence-corrected chi connectivity index (χ4v) is 10.1. The Balaban J connectivity index is 4.15. The molecule has 0 aliphatic heterocycles. The van der Waals surface area contributed by atoms with Gasteiger partial charge in [0.15, 0.2) is 0 Å². The summed E-state index contributed by atoms with van der Waals surface area (Å²) in [7, 11) is 1.58. The summed E-state index contributed by atoms with van der Waals surface area (Å²) in [5, 5.41) is 14.0. The highest BCUT2D eigenvalue weighted by Gasteiger charge is 2.27. The molecule has 0 aromatic carbocycles. The van der Waals surface area contributed by atoms with Gasteiger partial charge in [0.2, 0.25) is 5.91 Å². The van der Waals surface area contributed by atoms with Crippen LogP contribution in [-0.2, 0) is 18.4 Å². The second-order valence-electron chi connectivity index (χ2n) is 22.4. The number of hydrogen-bond donors (Lipinski definition) is 3. The Morgan fingerprint density at radius 2 is 0.771 bits per heavy atom. The van der Waals surface area contributed by atoms with E-state index in [4.69, 9.17) is 9.05 Å². The number of unbranched alkanes of at least 4 members (excludes halogenated alkanes) is 42. The Bertz CT molecular complexity index is 1190. The summed E-state index contributed by atoms with van der Waals surface area (Å²) < 4.78 is 23.8. The fraction of sp³-hybridized carbons (Fsp3) is 0.918. The molecule has 8 nitrogen and oxygen atoms in total. The average Bonchev–Trinajstić information content (AvgIpc) is 3.32. The summed E-state index contributed by atoms with van der Waals surface area (Å²) in [4.78, 5) is 23.3. The number of aliphatic hydroxyl groups is 1. The number of carbonyl (C=O) groups is 1. The second-order valence-corrected chi connectivity index (χ2v) is 23.9. The minimum atomic E-state index is -4.35. The van der Waals surface area contributed by atoms with Crippen LogP contribution in [0.1, 0.15) is 309 Å². The summed E-state index contributed by atoms with van der Waals surface area (Å²) in [6.07, 6.45) is 67.2. The van der Waals surface area contributed by atoms with Crippen molar-refractivity contribution in [2.45, 2.75) is 321 Å². The van der Waals surface area contributed by atoms with Gasteiger partial charge >= 0.3 is 7.82 Å². The molecule has 3 N–H and O–H groups in total. The largest absolute Gasteiger partial charge is 0.472 e. The van der Waals surface area contributed by atoms with Gasteiger partial charge in [-0.1, -0.05) is 282 Å². The van der Waals surface area contributed by atoms with E-state index in [2.05, 4.69) is 31.3 Å². The number of nitrogens with zero attached hydrogens (tertiary/aromatic N) is 1. The van der Waals surface area contributed by atoms with Crippen molar-refractivity contribution in [3.8, 4) is 0 Å². The first kappa shape index (κ1) is 69.0. The average molecular weight is 1010 g/mol. The molecule has 0 saturated heterocycles. The van der Waals surface area contributed by atoms with Crippen LogP contribution < -0.4 is 5.32 Å². The summed E-state index contributed by atoms with van der Waals surface area (Å²) in [5.41, 5.74) is 0. The van der Waals surface area contributed by atoms with Crippen molar-refractivity contribution >= 4 is 13.7 Å². The molecule has 0 heterocycles. The number of phosphoric ester groups is 1. The lowest BCUT2D eigenvalue weighted by atomic mass is 10.0. The van der Waals surface area contributed by atoms with E-state index in [1.165, 1.54) is 257 Å². The zero-order chi connectivity index (χ0) is 51.3. The third kappa shape index (κ3) is 54.7. The zero-order valence-corrected chi connectivity index (χ0v) is 48.4. The molecule has 0 fully saturated rings. The summed E-state index contributed by atoms with van der Waals surface area (Å²) in [6.45, 7) is 4.86. The van der Waals surface area contributed by atoms with Gasteiger partial charge in [-0.15, -0.1) is 0 Å². The summed E-state index contributed by atoms with van der Waals surface area (Å²) >= 11 is 0. The number of hydrogen-bond acceptors (Lipinski definition) is 5. The van der Waals surface area contributed by atoms with E-state index in [0.29, 0.717) is 17.4 Å². The number of quaternary nitrogens is 1. The van der Waals surface area contributed by atoms with Crippen molar-refractivity contribution in [2.24, 2.45) is 0 Å². The lowest BCUT2D eigenvalue weighted by molar-refractivity contribution is -0.870. The van der Waals surface area contributed by atoms with E-state index in [1.807, 2.05) is 27.2 Å². The SMILES string of the molecule is CCCCCCCCCC/C=C\CCCCCCCCCCCC(=O)NC(COP(=O)(O)OCC[N+](C)(C)C)C(O)/C=C/CCCCCCCCCCCCCCCCCCCCCCCCCCC. The number of aliphatic hydroxyl groups excluding tert-OH is 1. The standard InChI is InChI=1S/C61H121N2O6P/c1-6-8-10-12-14-16-18-20-22-24-26-28-29-30-31-32-33-35-36-38-40-42-44-46-48-50-52-54-60(64)59(58-69-70(66,67)68-57-56-63(3,4)5)62-61(65)55-53-51-49-47-45-43-41-39-37-34-27-25-23-21-19-17-15-13-11-9-7-2/h25,27,52,54,59-60,64H,6-24,26,28-51,53,55-58H2,1-5H3,(H-,62,65,66,67)/p+1/b27-25-,54-52+. The van der Waals surface area contributed by atoms with Gasteiger partial charge in [0.05, 0.1) is 39.9 Å². The number of carbonyl (C=O) groups excluding carboxylic acids is 1. The molecule has 0 aromatic rings. The number of allylic oxidation sites excluding steroid dienone is 3. The maximum absolute atomic E-state index is 13.0. The van der Waals surface area contributed by atoms with E-state index in [0.717, 1.165) is 32.1 Å². The van der Waals surface area contributed by atoms with Crippen LogP contribution in [0, 0.1) is 0 Å². The first-order valence-corrected chi connectivity index (χ1v) is 32.2.